The Kier molecular flexibility index (Phi) is 10.2. The van der Waals surface area contributed by atoms with Gasteiger partial charge in [0.2, 0.25) is 11.8 Å². The summed E-state index contributed by atoms with van der Waals surface area (Å²) in [5.74, 6) is 1.49. The number of aromatic nitrogens is 4. The SMILES string of the molecule is C[C@@H](C(=O)N1CCC[C@H]1c1ncc(-c2ccc(-c3ccc(-c4cnc([C@@H]5CCCN5C(=O)[C@@H](c5ccccc5)N5CCCC5)[nH]4)cc3)cc2)[nH]1)N(C)C(=O)O. The van der Waals surface area contributed by atoms with E-state index >= 15 is 0 Å². The highest BCUT2D eigenvalue weighted by atomic mass is 16.4. The summed E-state index contributed by atoms with van der Waals surface area (Å²) in [5.41, 5.74) is 7.02. The molecule has 3 aromatic carbocycles. The summed E-state index contributed by atoms with van der Waals surface area (Å²) in [6.07, 6.45) is 8.24. The average molecular weight is 741 g/mol. The Hall–Kier alpha value is -5.75. The summed E-state index contributed by atoms with van der Waals surface area (Å²) in [6.45, 7) is 4.82. The van der Waals surface area contributed by atoms with Gasteiger partial charge in [-0.3, -0.25) is 19.4 Å². The summed E-state index contributed by atoms with van der Waals surface area (Å²) in [6, 6.07) is 25.6. The number of H-pyrrole nitrogens is 2. The first-order chi connectivity index (χ1) is 26.8. The second-order valence-corrected chi connectivity index (χ2v) is 15.0. The van der Waals surface area contributed by atoms with Crippen molar-refractivity contribution in [2.45, 2.75) is 69.6 Å². The Labute approximate surface area is 321 Å². The van der Waals surface area contributed by atoms with Crippen molar-refractivity contribution in [1.29, 1.82) is 0 Å². The lowest BCUT2D eigenvalue weighted by molar-refractivity contribution is -0.138. The topological polar surface area (TPSA) is 142 Å². The van der Waals surface area contributed by atoms with Crippen molar-refractivity contribution in [3.05, 3.63) is 108 Å². The van der Waals surface area contributed by atoms with Crippen LogP contribution in [0.4, 0.5) is 4.79 Å². The van der Waals surface area contributed by atoms with E-state index in [0.29, 0.717) is 12.4 Å². The van der Waals surface area contributed by atoms with Crippen molar-refractivity contribution in [2.75, 3.05) is 33.2 Å². The zero-order chi connectivity index (χ0) is 38.1. The normalized spacial score (nSPS) is 19.8. The van der Waals surface area contributed by atoms with Gasteiger partial charge in [-0.25, -0.2) is 14.8 Å². The number of hydrogen-bond acceptors (Lipinski definition) is 6. The minimum Gasteiger partial charge on any atom is -0.465 e. The molecule has 0 spiro atoms. The highest BCUT2D eigenvalue weighted by Gasteiger charge is 2.39. The molecule has 0 bridgehead atoms. The first kappa shape index (κ1) is 36.2. The molecule has 5 heterocycles. The molecule has 0 unspecified atom stereocenters. The molecule has 4 atom stereocenters. The van der Waals surface area contributed by atoms with Crippen LogP contribution in [0, 0.1) is 0 Å². The molecule has 3 amide bonds. The summed E-state index contributed by atoms with van der Waals surface area (Å²) < 4.78 is 0. The van der Waals surface area contributed by atoms with Crippen LogP contribution in [-0.4, -0.2) is 102 Å². The van der Waals surface area contributed by atoms with Gasteiger partial charge in [-0.1, -0.05) is 78.9 Å². The Morgan fingerprint density at radius 1 is 0.673 bits per heavy atom. The molecule has 3 fully saturated rings. The van der Waals surface area contributed by atoms with E-state index in [1.54, 1.807) is 18.0 Å². The van der Waals surface area contributed by atoms with E-state index in [1.807, 2.05) is 29.3 Å². The molecule has 284 valence electrons. The smallest absolute Gasteiger partial charge is 0.407 e. The lowest BCUT2D eigenvalue weighted by Crippen LogP contribution is -2.47. The van der Waals surface area contributed by atoms with E-state index in [0.717, 1.165) is 108 Å². The highest BCUT2D eigenvalue weighted by Crippen LogP contribution is 2.37. The quantitative estimate of drug-likeness (QED) is 0.137. The maximum Gasteiger partial charge on any atom is 0.407 e. The van der Waals surface area contributed by atoms with Gasteiger partial charge in [-0.15, -0.1) is 0 Å². The van der Waals surface area contributed by atoms with Gasteiger partial charge in [0, 0.05) is 20.1 Å². The third-order valence-corrected chi connectivity index (χ3v) is 11.7. The Balaban J connectivity index is 0.928. The van der Waals surface area contributed by atoms with Crippen LogP contribution in [0.2, 0.25) is 0 Å². The monoisotopic (exact) mass is 740 g/mol. The van der Waals surface area contributed by atoms with Crippen molar-refractivity contribution in [2.24, 2.45) is 0 Å². The van der Waals surface area contributed by atoms with Gasteiger partial charge >= 0.3 is 6.09 Å². The van der Waals surface area contributed by atoms with E-state index < -0.39 is 12.1 Å². The number of benzene rings is 3. The van der Waals surface area contributed by atoms with Crippen LogP contribution in [-0.2, 0) is 9.59 Å². The number of amides is 3. The number of hydrogen-bond donors (Lipinski definition) is 3. The second-order valence-electron chi connectivity index (χ2n) is 15.0. The molecule has 0 saturated carbocycles. The third-order valence-electron chi connectivity index (χ3n) is 11.7. The van der Waals surface area contributed by atoms with Crippen molar-refractivity contribution in [3.8, 4) is 33.6 Å². The molecule has 3 aliphatic rings. The summed E-state index contributed by atoms with van der Waals surface area (Å²) >= 11 is 0. The number of carboxylic acid groups (broad SMARTS) is 1. The van der Waals surface area contributed by atoms with Gasteiger partial charge in [0.25, 0.3) is 0 Å². The number of nitrogens with one attached hydrogen (secondary N) is 2. The van der Waals surface area contributed by atoms with Crippen LogP contribution >= 0.6 is 0 Å². The zero-order valence-electron chi connectivity index (χ0n) is 31.4. The summed E-state index contributed by atoms with van der Waals surface area (Å²) in [4.78, 5) is 62.4. The van der Waals surface area contributed by atoms with Gasteiger partial charge in [-0.05, 0) is 86.4 Å². The average Bonchev–Trinajstić information content (AvgIpc) is 4.07. The second kappa shape index (κ2) is 15.5. The lowest BCUT2D eigenvalue weighted by atomic mass is 10.0. The first-order valence-electron chi connectivity index (χ1n) is 19.4. The third kappa shape index (κ3) is 7.26. The fourth-order valence-electron chi connectivity index (χ4n) is 8.49. The number of likely N-dealkylation sites (N-methyl/N-ethyl adjacent to an activating group) is 1. The molecule has 3 aliphatic heterocycles. The van der Waals surface area contributed by atoms with Crippen molar-refractivity contribution in [1.82, 2.24) is 39.5 Å². The van der Waals surface area contributed by atoms with Gasteiger partial charge in [0.05, 0.1) is 35.9 Å². The molecule has 3 N–H and O–H groups in total. The van der Waals surface area contributed by atoms with Crippen LogP contribution in [0.1, 0.15) is 80.8 Å². The summed E-state index contributed by atoms with van der Waals surface area (Å²) in [5, 5.41) is 9.35. The number of nitrogens with zero attached hydrogens (tertiary/aromatic N) is 6. The van der Waals surface area contributed by atoms with E-state index in [9.17, 15) is 19.5 Å². The number of rotatable bonds is 10. The maximum atomic E-state index is 14.2. The van der Waals surface area contributed by atoms with Crippen LogP contribution in [0.5, 0.6) is 0 Å². The van der Waals surface area contributed by atoms with Crippen LogP contribution in [0.25, 0.3) is 33.6 Å². The van der Waals surface area contributed by atoms with E-state index in [4.69, 9.17) is 4.98 Å². The fourth-order valence-corrected chi connectivity index (χ4v) is 8.49. The molecule has 8 rings (SSSR count). The molecular weight excluding hydrogens is 693 g/mol. The van der Waals surface area contributed by atoms with Crippen LogP contribution < -0.4 is 0 Å². The van der Waals surface area contributed by atoms with E-state index in [1.165, 1.54) is 7.05 Å². The Bertz CT molecular complexity index is 2120. The van der Waals surface area contributed by atoms with Gasteiger partial charge < -0.3 is 24.9 Å². The predicted octanol–water partition coefficient (Wildman–Crippen LogP) is 7.30. The zero-order valence-corrected chi connectivity index (χ0v) is 31.4. The molecular formula is C43H48N8O4. The summed E-state index contributed by atoms with van der Waals surface area (Å²) in [7, 11) is 1.42. The standard InChI is InChI=1S/C43H48N8O4/c1-28(48(2)43(54)55)41(52)50-24-8-12-36(50)39-44-26-34(46-39)31-18-14-29(15-19-31)30-16-20-32(21-17-30)35-27-45-40(47-35)37-13-9-25-51(37)42(53)38(49-22-6-7-23-49)33-10-4-3-5-11-33/h3-5,10-11,14-21,26-28,36-38H,6-9,12-13,22-25H2,1-2H3,(H,44,46)(H,45,47)(H,54,55)/t28-,36-,37-,38+/m0/s1. The molecule has 2 aromatic heterocycles. The molecule has 12 nitrogen and oxygen atoms in total. The number of aromatic amines is 2. The molecule has 12 heteroatoms. The number of carbonyl (C=O) groups is 3. The van der Waals surface area contributed by atoms with Gasteiger partial charge in [0.15, 0.2) is 0 Å². The fraction of sp³-hybridized carbons (Fsp3) is 0.372. The Morgan fingerprint density at radius 3 is 1.64 bits per heavy atom. The van der Waals surface area contributed by atoms with Gasteiger partial charge in [-0.2, -0.15) is 0 Å². The van der Waals surface area contributed by atoms with E-state index in [2.05, 4.69) is 80.5 Å². The molecule has 3 saturated heterocycles. The molecule has 55 heavy (non-hydrogen) atoms. The number of likely N-dealkylation sites (tertiary alicyclic amines) is 3. The number of carbonyl (C=O) groups excluding carboxylic acids is 2. The molecule has 0 aliphatic carbocycles. The Morgan fingerprint density at radius 2 is 1.15 bits per heavy atom. The largest absolute Gasteiger partial charge is 0.465 e. The van der Waals surface area contributed by atoms with Crippen molar-refractivity contribution >= 4 is 17.9 Å². The highest BCUT2D eigenvalue weighted by molar-refractivity contribution is 5.85. The maximum absolute atomic E-state index is 14.2. The molecule has 0 radical (unpaired) electrons. The molecule has 5 aromatic rings. The lowest BCUT2D eigenvalue weighted by Gasteiger charge is -2.33. The van der Waals surface area contributed by atoms with Crippen LogP contribution in [0.15, 0.2) is 91.3 Å². The van der Waals surface area contributed by atoms with Crippen LogP contribution in [0.3, 0.4) is 0 Å². The number of imidazole rings is 2. The van der Waals surface area contributed by atoms with Crippen molar-refractivity contribution in [3.63, 3.8) is 0 Å². The minimum absolute atomic E-state index is 0.0760. The minimum atomic E-state index is -1.13. The van der Waals surface area contributed by atoms with Gasteiger partial charge in [0.1, 0.15) is 23.7 Å². The van der Waals surface area contributed by atoms with Crippen molar-refractivity contribution < 1.29 is 19.5 Å². The first-order valence-corrected chi connectivity index (χ1v) is 19.4. The predicted molar refractivity (Wildman–Crippen MR) is 210 cm³/mol. The van der Waals surface area contributed by atoms with E-state index in [-0.39, 0.29) is 29.9 Å².